The van der Waals surface area contributed by atoms with E-state index in [1.54, 1.807) is 0 Å². The van der Waals surface area contributed by atoms with E-state index >= 15 is 0 Å². The number of carbonyl (C=O) groups excluding carboxylic acids is 1. The second-order valence-electron chi connectivity index (χ2n) is 2.46. The Kier molecular flexibility index (Phi) is 2.32. The summed E-state index contributed by atoms with van der Waals surface area (Å²) in [6.45, 7) is 0.620. The molecule has 0 radical (unpaired) electrons. The summed E-state index contributed by atoms with van der Waals surface area (Å²) in [6, 6.07) is 0. The highest BCUT2D eigenvalue weighted by Crippen LogP contribution is 2.13. The molecule has 1 rings (SSSR count). The smallest absolute Gasteiger partial charge is 0.407 e. The number of methoxy groups -OCH3 is 1. The van der Waals surface area contributed by atoms with E-state index in [1.165, 1.54) is 18.1 Å². The van der Waals surface area contributed by atoms with Crippen LogP contribution in [0.15, 0.2) is 11.6 Å². The van der Waals surface area contributed by atoms with Crippen LogP contribution in [0.25, 0.3) is 0 Å². The summed E-state index contributed by atoms with van der Waals surface area (Å²) in [6.07, 6.45) is 0.358. The van der Waals surface area contributed by atoms with Gasteiger partial charge < -0.3 is 14.7 Å². The molecule has 1 fully saturated rings. The van der Waals surface area contributed by atoms with E-state index < -0.39 is 12.1 Å². The Morgan fingerprint density at radius 2 is 2.17 bits per heavy atom. The molecule has 1 saturated heterocycles. The van der Waals surface area contributed by atoms with E-state index in [2.05, 4.69) is 4.74 Å². The van der Waals surface area contributed by atoms with Crippen LogP contribution in [0.5, 0.6) is 0 Å². The summed E-state index contributed by atoms with van der Waals surface area (Å²) in [5.74, 6) is -0.435. The normalized spacial score (nSPS) is 15.1. The molecule has 0 saturated carbocycles. The van der Waals surface area contributed by atoms with Gasteiger partial charge in [0.1, 0.15) is 0 Å². The summed E-state index contributed by atoms with van der Waals surface area (Å²) in [5.41, 5.74) is 0.782. The second-order valence-corrected chi connectivity index (χ2v) is 2.46. The topological polar surface area (TPSA) is 66.8 Å². The molecule has 1 aliphatic heterocycles. The van der Waals surface area contributed by atoms with Gasteiger partial charge in [0.15, 0.2) is 0 Å². The Balaban J connectivity index is 2.38. The summed E-state index contributed by atoms with van der Waals surface area (Å²) in [4.78, 5) is 22.1. The average molecular weight is 171 g/mol. The Morgan fingerprint density at radius 3 is 2.58 bits per heavy atom. The average Bonchev–Trinajstić information content (AvgIpc) is 1.94. The van der Waals surface area contributed by atoms with Gasteiger partial charge in [-0.2, -0.15) is 0 Å². The minimum Gasteiger partial charge on any atom is -0.466 e. The first-order valence-corrected chi connectivity index (χ1v) is 3.38. The number of likely N-dealkylation sites (tertiary alicyclic amines) is 1. The minimum absolute atomic E-state index is 0.310. The van der Waals surface area contributed by atoms with Crippen molar-refractivity contribution in [2.75, 3.05) is 20.2 Å². The highest BCUT2D eigenvalue weighted by molar-refractivity contribution is 5.83. The lowest BCUT2D eigenvalue weighted by atomic mass is 10.1. The van der Waals surface area contributed by atoms with Crippen LogP contribution in [0, 0.1) is 0 Å². The van der Waals surface area contributed by atoms with Gasteiger partial charge >= 0.3 is 12.1 Å². The molecule has 66 valence electrons. The lowest BCUT2D eigenvalue weighted by Crippen LogP contribution is -2.43. The van der Waals surface area contributed by atoms with Crippen LogP contribution in [0.4, 0.5) is 4.79 Å². The fraction of sp³-hybridized carbons (Fsp3) is 0.429. The molecule has 1 amide bonds. The SMILES string of the molecule is COC(=O)C=C1CN(C(=O)O)C1. The van der Waals surface area contributed by atoms with Gasteiger partial charge in [-0.1, -0.05) is 0 Å². The first-order chi connectivity index (χ1) is 5.63. The molecule has 0 aromatic carbocycles. The van der Waals surface area contributed by atoms with Crippen molar-refractivity contribution in [1.29, 1.82) is 0 Å². The molecular formula is C7H9NO4. The predicted octanol–water partition coefficient (Wildman–Crippen LogP) is 0.0794. The zero-order valence-corrected chi connectivity index (χ0v) is 6.61. The van der Waals surface area contributed by atoms with Crippen molar-refractivity contribution < 1.29 is 19.4 Å². The highest BCUT2D eigenvalue weighted by Gasteiger charge is 2.24. The number of nitrogens with zero attached hydrogens (tertiary/aromatic N) is 1. The summed E-state index contributed by atoms with van der Waals surface area (Å²) < 4.78 is 4.37. The molecule has 0 aromatic rings. The molecule has 1 heterocycles. The van der Waals surface area contributed by atoms with Gasteiger partial charge in [0, 0.05) is 19.2 Å². The van der Waals surface area contributed by atoms with Gasteiger partial charge in [-0.25, -0.2) is 9.59 Å². The number of hydrogen-bond donors (Lipinski definition) is 1. The summed E-state index contributed by atoms with van der Waals surface area (Å²) >= 11 is 0. The molecule has 5 nitrogen and oxygen atoms in total. The van der Waals surface area contributed by atoms with Crippen LogP contribution in [-0.2, 0) is 9.53 Å². The first kappa shape index (κ1) is 8.58. The maximum Gasteiger partial charge on any atom is 0.407 e. The molecule has 12 heavy (non-hydrogen) atoms. The van der Waals surface area contributed by atoms with Crippen molar-refractivity contribution in [3.05, 3.63) is 11.6 Å². The fourth-order valence-electron chi connectivity index (χ4n) is 0.896. The van der Waals surface area contributed by atoms with Crippen LogP contribution in [-0.4, -0.2) is 42.3 Å². The largest absolute Gasteiger partial charge is 0.466 e. The number of ether oxygens (including phenoxy) is 1. The van der Waals surface area contributed by atoms with Gasteiger partial charge in [0.05, 0.1) is 7.11 Å². The van der Waals surface area contributed by atoms with E-state index in [0.717, 1.165) is 5.57 Å². The van der Waals surface area contributed by atoms with Crippen molar-refractivity contribution in [3.8, 4) is 0 Å². The summed E-state index contributed by atoms with van der Waals surface area (Å²) in [7, 11) is 1.28. The van der Waals surface area contributed by atoms with Crippen molar-refractivity contribution in [2.24, 2.45) is 0 Å². The predicted molar refractivity (Wildman–Crippen MR) is 39.7 cm³/mol. The van der Waals surface area contributed by atoms with Gasteiger partial charge in [-0.15, -0.1) is 0 Å². The van der Waals surface area contributed by atoms with E-state index in [1.807, 2.05) is 0 Å². The Bertz CT molecular complexity index is 238. The standard InChI is InChI=1S/C7H9NO4/c1-12-6(9)2-5-3-8(4-5)7(10)11/h2H,3-4H2,1H3,(H,10,11). The van der Waals surface area contributed by atoms with E-state index in [4.69, 9.17) is 5.11 Å². The van der Waals surface area contributed by atoms with Gasteiger partial charge in [0.25, 0.3) is 0 Å². The number of hydrogen-bond acceptors (Lipinski definition) is 3. The zero-order valence-electron chi connectivity index (χ0n) is 6.61. The van der Waals surface area contributed by atoms with E-state index in [0.29, 0.717) is 13.1 Å². The lowest BCUT2D eigenvalue weighted by Gasteiger charge is -2.30. The first-order valence-electron chi connectivity index (χ1n) is 3.38. The fourth-order valence-corrected chi connectivity index (χ4v) is 0.896. The molecule has 1 N–H and O–H groups in total. The van der Waals surface area contributed by atoms with E-state index in [9.17, 15) is 9.59 Å². The Hall–Kier alpha value is -1.52. The highest BCUT2D eigenvalue weighted by atomic mass is 16.5. The van der Waals surface area contributed by atoms with Crippen LogP contribution in [0.2, 0.25) is 0 Å². The molecule has 0 aromatic heterocycles. The number of carbonyl (C=O) groups is 2. The third kappa shape index (κ3) is 1.75. The van der Waals surface area contributed by atoms with Crippen LogP contribution in [0.1, 0.15) is 0 Å². The molecule has 0 aliphatic carbocycles. The van der Waals surface area contributed by atoms with Crippen LogP contribution >= 0.6 is 0 Å². The number of esters is 1. The molecule has 5 heteroatoms. The summed E-state index contributed by atoms with van der Waals surface area (Å²) in [5, 5.41) is 8.42. The van der Waals surface area contributed by atoms with Gasteiger partial charge in [-0.05, 0) is 5.57 Å². The maximum absolute atomic E-state index is 10.6. The number of rotatable bonds is 1. The van der Waals surface area contributed by atoms with E-state index in [-0.39, 0.29) is 0 Å². The van der Waals surface area contributed by atoms with Crippen molar-refractivity contribution >= 4 is 12.1 Å². The molecule has 0 spiro atoms. The Morgan fingerprint density at radius 1 is 1.58 bits per heavy atom. The minimum atomic E-state index is -0.961. The van der Waals surface area contributed by atoms with Crippen LogP contribution < -0.4 is 0 Å². The van der Waals surface area contributed by atoms with Gasteiger partial charge in [-0.3, -0.25) is 0 Å². The quantitative estimate of drug-likeness (QED) is 0.448. The lowest BCUT2D eigenvalue weighted by molar-refractivity contribution is -0.135. The third-order valence-electron chi connectivity index (χ3n) is 1.58. The monoisotopic (exact) mass is 171 g/mol. The van der Waals surface area contributed by atoms with Crippen LogP contribution in [0.3, 0.4) is 0 Å². The third-order valence-corrected chi connectivity index (χ3v) is 1.58. The van der Waals surface area contributed by atoms with Crippen molar-refractivity contribution in [3.63, 3.8) is 0 Å². The Labute approximate surface area is 69.2 Å². The molecule has 0 atom stereocenters. The zero-order chi connectivity index (χ0) is 9.14. The molecule has 0 unspecified atom stereocenters. The number of carboxylic acid groups (broad SMARTS) is 1. The molecular weight excluding hydrogens is 162 g/mol. The molecule has 1 aliphatic rings. The maximum atomic E-state index is 10.6. The second kappa shape index (κ2) is 3.25. The van der Waals surface area contributed by atoms with Crippen molar-refractivity contribution in [1.82, 2.24) is 4.90 Å². The number of amides is 1. The molecule has 0 bridgehead atoms. The van der Waals surface area contributed by atoms with Crippen molar-refractivity contribution in [2.45, 2.75) is 0 Å². The van der Waals surface area contributed by atoms with Gasteiger partial charge in [0.2, 0.25) is 0 Å².